The molecule has 1 fully saturated rings. The Kier molecular flexibility index (Phi) is 3.82. The number of aromatic nitrogens is 1. The molecule has 3 heterocycles. The van der Waals surface area contributed by atoms with Gasteiger partial charge in [0.1, 0.15) is 0 Å². The molecule has 2 unspecified atom stereocenters. The van der Waals surface area contributed by atoms with Crippen molar-refractivity contribution in [1.82, 2.24) is 9.88 Å². The van der Waals surface area contributed by atoms with Gasteiger partial charge in [-0.15, -0.1) is 0 Å². The fourth-order valence-corrected chi connectivity index (χ4v) is 3.82. The van der Waals surface area contributed by atoms with Crippen molar-refractivity contribution in [3.63, 3.8) is 0 Å². The summed E-state index contributed by atoms with van der Waals surface area (Å²) in [6.07, 6.45) is 5.98. The van der Waals surface area contributed by atoms with E-state index in [1.165, 1.54) is 17.5 Å². The van der Waals surface area contributed by atoms with Crippen LogP contribution >= 0.6 is 0 Å². The van der Waals surface area contributed by atoms with Gasteiger partial charge >= 0.3 is 0 Å². The number of aliphatic imine (C=N–C) groups is 1. The van der Waals surface area contributed by atoms with Crippen molar-refractivity contribution in [2.24, 2.45) is 4.99 Å². The van der Waals surface area contributed by atoms with Gasteiger partial charge in [-0.3, -0.25) is 4.99 Å². The summed E-state index contributed by atoms with van der Waals surface area (Å²) in [7, 11) is 0. The first-order valence-corrected chi connectivity index (χ1v) is 8.31. The Bertz CT molecular complexity index is 696. The number of amidine groups is 1. The van der Waals surface area contributed by atoms with Gasteiger partial charge < -0.3 is 4.90 Å². The largest absolute Gasteiger partial charge is 0.346 e. The monoisotopic (exact) mass is 309 g/mol. The van der Waals surface area contributed by atoms with Crippen molar-refractivity contribution >= 4 is 5.84 Å². The van der Waals surface area contributed by atoms with Gasteiger partial charge in [-0.2, -0.15) is 4.39 Å². The minimum atomic E-state index is -0.420. The number of hydrogen-bond donors (Lipinski definition) is 0. The van der Waals surface area contributed by atoms with Crippen molar-refractivity contribution in [2.45, 2.75) is 37.8 Å². The highest BCUT2D eigenvalue weighted by Gasteiger charge is 2.37. The Labute approximate surface area is 135 Å². The van der Waals surface area contributed by atoms with E-state index in [1.807, 2.05) is 6.07 Å². The normalized spacial score (nSPS) is 24.0. The highest BCUT2D eigenvalue weighted by Crippen LogP contribution is 2.45. The maximum Gasteiger partial charge on any atom is 0.212 e. The third-order valence-corrected chi connectivity index (χ3v) is 4.86. The Balaban J connectivity index is 1.70. The van der Waals surface area contributed by atoms with Crippen LogP contribution in [0.25, 0.3) is 0 Å². The molecule has 0 spiro atoms. The van der Waals surface area contributed by atoms with Crippen molar-refractivity contribution in [3.8, 4) is 0 Å². The van der Waals surface area contributed by atoms with Crippen molar-refractivity contribution < 1.29 is 4.39 Å². The number of benzene rings is 1. The minimum absolute atomic E-state index is 0.241. The van der Waals surface area contributed by atoms with Gasteiger partial charge in [0.25, 0.3) is 0 Å². The fraction of sp³-hybridized carbons (Fsp3) is 0.368. The molecule has 2 aromatic rings. The maximum atomic E-state index is 13.2. The van der Waals surface area contributed by atoms with Crippen LogP contribution in [-0.2, 0) is 0 Å². The van der Waals surface area contributed by atoms with Gasteiger partial charge in [-0.25, -0.2) is 4.98 Å². The van der Waals surface area contributed by atoms with E-state index >= 15 is 0 Å². The van der Waals surface area contributed by atoms with Crippen LogP contribution in [0, 0.1) is 5.95 Å². The standard InChI is InChI=1S/C19H20FN3/c20-18-11-8-15(13-22-18)17-10-9-16(14-5-2-1-3-6-14)23(17)19-7-4-12-21-19/h1-3,5-6,8,11,13,16-17H,4,7,9-10,12H2. The molecule has 2 aliphatic heterocycles. The summed E-state index contributed by atoms with van der Waals surface area (Å²) in [5, 5.41) is 0. The van der Waals surface area contributed by atoms with Crippen LogP contribution in [0.1, 0.15) is 48.9 Å². The van der Waals surface area contributed by atoms with Gasteiger partial charge in [0.15, 0.2) is 0 Å². The van der Waals surface area contributed by atoms with E-state index in [0.717, 1.165) is 37.8 Å². The van der Waals surface area contributed by atoms with Gasteiger partial charge in [-0.1, -0.05) is 36.4 Å². The molecule has 2 atom stereocenters. The lowest BCUT2D eigenvalue weighted by atomic mass is 10.0. The molecule has 23 heavy (non-hydrogen) atoms. The molecule has 0 N–H and O–H groups in total. The second kappa shape index (κ2) is 6.11. The number of likely N-dealkylation sites (tertiary alicyclic amines) is 1. The average molecular weight is 309 g/mol. The second-order valence-corrected chi connectivity index (χ2v) is 6.24. The van der Waals surface area contributed by atoms with Gasteiger partial charge in [-0.05, 0) is 36.5 Å². The summed E-state index contributed by atoms with van der Waals surface area (Å²) >= 11 is 0. The molecule has 1 aromatic heterocycles. The first-order chi connectivity index (χ1) is 11.3. The molecule has 0 radical (unpaired) electrons. The zero-order chi connectivity index (χ0) is 15.6. The molecule has 0 bridgehead atoms. The number of halogens is 1. The Morgan fingerprint density at radius 3 is 2.39 bits per heavy atom. The third kappa shape index (κ3) is 2.74. The predicted molar refractivity (Wildman–Crippen MR) is 88.7 cm³/mol. The summed E-state index contributed by atoms with van der Waals surface area (Å²) in [5.41, 5.74) is 2.42. The van der Waals surface area contributed by atoms with Crippen LogP contribution in [0.2, 0.25) is 0 Å². The van der Waals surface area contributed by atoms with E-state index in [0.29, 0.717) is 6.04 Å². The van der Waals surface area contributed by atoms with E-state index < -0.39 is 5.95 Å². The van der Waals surface area contributed by atoms with Crippen LogP contribution in [0.4, 0.5) is 4.39 Å². The molecule has 0 aliphatic carbocycles. The molecule has 0 saturated carbocycles. The lowest BCUT2D eigenvalue weighted by Gasteiger charge is -2.33. The van der Waals surface area contributed by atoms with Gasteiger partial charge in [0, 0.05) is 19.2 Å². The Hall–Kier alpha value is -2.23. The van der Waals surface area contributed by atoms with Gasteiger partial charge in [0.2, 0.25) is 5.95 Å². The topological polar surface area (TPSA) is 28.5 Å². The summed E-state index contributed by atoms with van der Waals surface area (Å²) in [5.74, 6) is 0.779. The van der Waals surface area contributed by atoms with Crippen LogP contribution < -0.4 is 0 Å². The van der Waals surface area contributed by atoms with Crippen molar-refractivity contribution in [3.05, 3.63) is 65.7 Å². The zero-order valence-corrected chi connectivity index (χ0v) is 13.0. The summed E-state index contributed by atoms with van der Waals surface area (Å²) in [6, 6.07) is 14.5. The predicted octanol–water partition coefficient (Wildman–Crippen LogP) is 4.29. The first-order valence-electron chi connectivity index (χ1n) is 8.31. The average Bonchev–Trinajstić information content (AvgIpc) is 3.25. The zero-order valence-electron chi connectivity index (χ0n) is 13.0. The van der Waals surface area contributed by atoms with E-state index in [1.54, 1.807) is 6.20 Å². The molecule has 1 aromatic carbocycles. The highest BCUT2D eigenvalue weighted by molar-refractivity contribution is 5.85. The van der Waals surface area contributed by atoms with Crippen molar-refractivity contribution in [2.75, 3.05) is 6.54 Å². The first kappa shape index (κ1) is 14.4. The second-order valence-electron chi connectivity index (χ2n) is 6.24. The number of nitrogens with zero attached hydrogens (tertiary/aromatic N) is 3. The van der Waals surface area contributed by atoms with E-state index in [9.17, 15) is 4.39 Å². The molecular weight excluding hydrogens is 289 g/mol. The van der Waals surface area contributed by atoms with Crippen LogP contribution in [0.15, 0.2) is 53.7 Å². The quantitative estimate of drug-likeness (QED) is 0.774. The maximum absolute atomic E-state index is 13.2. The summed E-state index contributed by atoms with van der Waals surface area (Å²) in [6.45, 7) is 0.918. The van der Waals surface area contributed by atoms with Crippen LogP contribution in [0.5, 0.6) is 0 Å². The molecule has 0 amide bonds. The summed E-state index contributed by atoms with van der Waals surface area (Å²) in [4.78, 5) is 11.0. The Morgan fingerprint density at radius 1 is 0.957 bits per heavy atom. The summed E-state index contributed by atoms with van der Waals surface area (Å²) < 4.78 is 13.2. The lowest BCUT2D eigenvalue weighted by molar-refractivity contribution is 0.317. The van der Waals surface area contributed by atoms with Gasteiger partial charge in [0.05, 0.1) is 17.9 Å². The lowest BCUT2D eigenvalue weighted by Crippen LogP contribution is -2.32. The van der Waals surface area contributed by atoms with E-state index in [2.05, 4.69) is 40.2 Å². The number of hydrogen-bond acceptors (Lipinski definition) is 3. The Morgan fingerprint density at radius 2 is 1.74 bits per heavy atom. The molecule has 3 nitrogen and oxygen atoms in total. The smallest absolute Gasteiger partial charge is 0.212 e. The molecule has 118 valence electrons. The van der Waals surface area contributed by atoms with Crippen LogP contribution in [-0.4, -0.2) is 22.3 Å². The van der Waals surface area contributed by atoms with E-state index in [4.69, 9.17) is 4.99 Å². The van der Waals surface area contributed by atoms with Crippen LogP contribution in [0.3, 0.4) is 0 Å². The van der Waals surface area contributed by atoms with Crippen molar-refractivity contribution in [1.29, 1.82) is 0 Å². The fourth-order valence-electron chi connectivity index (χ4n) is 3.82. The third-order valence-electron chi connectivity index (χ3n) is 4.86. The molecule has 4 heteroatoms. The minimum Gasteiger partial charge on any atom is -0.346 e. The molecule has 4 rings (SSSR count). The highest BCUT2D eigenvalue weighted by atomic mass is 19.1. The molecular formula is C19H20FN3. The van der Waals surface area contributed by atoms with E-state index in [-0.39, 0.29) is 6.04 Å². The number of pyridine rings is 1. The number of rotatable bonds is 2. The molecule has 1 saturated heterocycles. The SMILES string of the molecule is Fc1ccc(C2CCC(c3ccccc3)N2C2=NCCC2)cn1. The molecule has 2 aliphatic rings.